The monoisotopic (exact) mass is 401 g/mol. The quantitative estimate of drug-likeness (QED) is 0.737. The fourth-order valence-corrected chi connectivity index (χ4v) is 4.09. The van der Waals surface area contributed by atoms with Gasteiger partial charge in [0.25, 0.3) is 15.0 Å². The van der Waals surface area contributed by atoms with Gasteiger partial charge in [0.05, 0.1) is 4.90 Å². The lowest BCUT2D eigenvalue weighted by Gasteiger charge is -2.07. The van der Waals surface area contributed by atoms with E-state index in [1.165, 1.54) is 18.2 Å². The molecule has 1 unspecified atom stereocenters. The molecule has 0 aliphatic heterocycles. The molecule has 0 aliphatic rings. The van der Waals surface area contributed by atoms with Crippen molar-refractivity contribution in [3.63, 3.8) is 0 Å². The van der Waals surface area contributed by atoms with Crippen LogP contribution in [0.3, 0.4) is 0 Å². The van der Waals surface area contributed by atoms with Crippen molar-refractivity contribution in [2.75, 3.05) is 18.1 Å². The van der Waals surface area contributed by atoms with Crippen molar-refractivity contribution in [1.29, 1.82) is 0 Å². The second-order valence-corrected chi connectivity index (χ2v) is 9.03. The molecule has 0 spiro atoms. The largest absolute Gasteiger partial charge is 0.351 e. The van der Waals surface area contributed by atoms with Crippen molar-refractivity contribution in [3.8, 4) is 0 Å². The Kier molecular flexibility index (Phi) is 6.63. The van der Waals surface area contributed by atoms with Crippen molar-refractivity contribution in [2.24, 2.45) is 0 Å². The SMILES string of the molecule is CCS(=O)CCNC(=O)c1ccc(Br)c(S(=O)(=O)Cl)c1. The van der Waals surface area contributed by atoms with Crippen molar-refractivity contribution in [1.82, 2.24) is 5.32 Å². The van der Waals surface area contributed by atoms with E-state index in [9.17, 15) is 17.4 Å². The molecule has 0 heterocycles. The Morgan fingerprint density at radius 3 is 2.65 bits per heavy atom. The van der Waals surface area contributed by atoms with Crippen LogP contribution in [0.2, 0.25) is 0 Å². The number of nitrogens with one attached hydrogen (secondary N) is 1. The van der Waals surface area contributed by atoms with E-state index in [-0.39, 0.29) is 21.5 Å². The lowest BCUT2D eigenvalue weighted by Crippen LogP contribution is -2.28. The molecule has 1 rings (SSSR count). The van der Waals surface area contributed by atoms with Gasteiger partial charge >= 0.3 is 0 Å². The topological polar surface area (TPSA) is 80.3 Å². The highest BCUT2D eigenvalue weighted by atomic mass is 79.9. The number of halogens is 2. The van der Waals surface area contributed by atoms with Crippen LogP contribution in [0.5, 0.6) is 0 Å². The van der Waals surface area contributed by atoms with Gasteiger partial charge in [0.2, 0.25) is 0 Å². The van der Waals surface area contributed by atoms with Crippen LogP contribution >= 0.6 is 26.6 Å². The maximum Gasteiger partial charge on any atom is 0.262 e. The number of hydrogen-bond acceptors (Lipinski definition) is 4. The summed E-state index contributed by atoms with van der Waals surface area (Å²) >= 11 is 3.06. The summed E-state index contributed by atoms with van der Waals surface area (Å²) in [6.07, 6.45) is 0. The Labute approximate surface area is 133 Å². The molecule has 1 amide bonds. The Morgan fingerprint density at radius 2 is 2.10 bits per heavy atom. The molecular formula is C11H13BrClNO4S2. The van der Waals surface area contributed by atoms with E-state index in [0.29, 0.717) is 11.5 Å². The van der Waals surface area contributed by atoms with Gasteiger partial charge in [-0.2, -0.15) is 0 Å². The van der Waals surface area contributed by atoms with E-state index >= 15 is 0 Å². The van der Waals surface area contributed by atoms with Crippen LogP contribution in [0, 0.1) is 0 Å². The average molecular weight is 403 g/mol. The lowest BCUT2D eigenvalue weighted by atomic mass is 10.2. The molecule has 0 saturated heterocycles. The standard InChI is InChI=1S/C11H13BrClNO4S2/c1-2-19(16)6-5-14-11(15)8-3-4-9(12)10(7-8)20(13,17)18/h3-4,7H,2,5-6H2,1H3,(H,14,15). The molecule has 0 aromatic heterocycles. The van der Waals surface area contributed by atoms with E-state index in [1.54, 1.807) is 6.92 Å². The molecule has 0 saturated carbocycles. The normalized spacial score (nSPS) is 12.9. The number of rotatable bonds is 6. The summed E-state index contributed by atoms with van der Waals surface area (Å²) < 4.78 is 34.2. The molecular weight excluding hydrogens is 390 g/mol. The zero-order valence-electron chi connectivity index (χ0n) is 10.6. The Hall–Kier alpha value is -0.440. The number of amides is 1. The van der Waals surface area contributed by atoms with Gasteiger partial charge in [0.1, 0.15) is 0 Å². The van der Waals surface area contributed by atoms with Crippen LogP contribution in [0.4, 0.5) is 0 Å². The molecule has 5 nitrogen and oxygen atoms in total. The van der Waals surface area contributed by atoms with Gasteiger partial charge in [-0.3, -0.25) is 9.00 Å². The minimum Gasteiger partial charge on any atom is -0.351 e. The predicted molar refractivity (Wildman–Crippen MR) is 83.1 cm³/mol. The Balaban J connectivity index is 2.82. The summed E-state index contributed by atoms with van der Waals surface area (Å²) in [5, 5.41) is 2.58. The van der Waals surface area contributed by atoms with Crippen LogP contribution in [-0.2, 0) is 19.9 Å². The number of carbonyl (C=O) groups is 1. The van der Waals surface area contributed by atoms with Crippen molar-refractivity contribution in [3.05, 3.63) is 28.2 Å². The molecule has 1 aromatic carbocycles. The summed E-state index contributed by atoms with van der Waals surface area (Å²) in [4.78, 5) is 11.7. The van der Waals surface area contributed by atoms with E-state index in [1.807, 2.05) is 0 Å². The average Bonchev–Trinajstić information content (AvgIpc) is 2.37. The number of carbonyl (C=O) groups excluding carboxylic acids is 1. The van der Waals surface area contributed by atoms with Crippen LogP contribution in [0.15, 0.2) is 27.6 Å². The van der Waals surface area contributed by atoms with E-state index in [4.69, 9.17) is 10.7 Å². The van der Waals surface area contributed by atoms with E-state index < -0.39 is 25.8 Å². The third-order valence-corrected chi connectivity index (χ3v) is 6.01. The van der Waals surface area contributed by atoms with Gasteiger partial charge in [-0.1, -0.05) is 6.92 Å². The maximum atomic E-state index is 11.8. The second-order valence-electron chi connectivity index (χ2n) is 3.77. The first-order valence-corrected chi connectivity index (χ1v) is 10.2. The summed E-state index contributed by atoms with van der Waals surface area (Å²) in [6, 6.07) is 4.11. The molecule has 9 heteroatoms. The van der Waals surface area contributed by atoms with E-state index in [0.717, 1.165) is 0 Å². The zero-order chi connectivity index (χ0) is 15.3. The first-order chi connectivity index (χ1) is 9.25. The maximum absolute atomic E-state index is 11.8. The van der Waals surface area contributed by atoms with Gasteiger partial charge in [-0.25, -0.2) is 8.42 Å². The molecule has 0 fully saturated rings. The molecule has 0 radical (unpaired) electrons. The fraction of sp³-hybridized carbons (Fsp3) is 0.364. The Morgan fingerprint density at radius 1 is 1.45 bits per heavy atom. The molecule has 20 heavy (non-hydrogen) atoms. The van der Waals surface area contributed by atoms with Crippen molar-refractivity contribution >= 4 is 52.4 Å². The summed E-state index contributed by atoms with van der Waals surface area (Å²) in [6.45, 7) is 2.06. The van der Waals surface area contributed by atoms with Gasteiger partial charge in [-0.15, -0.1) is 0 Å². The van der Waals surface area contributed by atoms with Gasteiger partial charge in [0.15, 0.2) is 0 Å². The van der Waals surface area contributed by atoms with Gasteiger partial charge in [0, 0.05) is 49.6 Å². The van der Waals surface area contributed by atoms with Crippen LogP contribution in [0.1, 0.15) is 17.3 Å². The Bertz CT molecular complexity index is 633. The summed E-state index contributed by atoms with van der Waals surface area (Å²) in [5.74, 6) is 0.453. The van der Waals surface area contributed by atoms with E-state index in [2.05, 4.69) is 21.2 Å². The first kappa shape index (κ1) is 17.6. The molecule has 0 bridgehead atoms. The summed E-state index contributed by atoms with van der Waals surface area (Å²) in [5.41, 5.74) is 0.176. The highest BCUT2D eigenvalue weighted by molar-refractivity contribution is 9.10. The molecule has 112 valence electrons. The summed E-state index contributed by atoms with van der Waals surface area (Å²) in [7, 11) is 0.384. The van der Waals surface area contributed by atoms with Crippen molar-refractivity contribution < 1.29 is 17.4 Å². The molecule has 1 aromatic rings. The number of benzene rings is 1. The third-order valence-electron chi connectivity index (χ3n) is 2.39. The second kappa shape index (κ2) is 7.53. The molecule has 1 atom stereocenters. The van der Waals surface area contributed by atoms with Crippen LogP contribution < -0.4 is 5.32 Å². The predicted octanol–water partition coefficient (Wildman–Crippen LogP) is 1.87. The lowest BCUT2D eigenvalue weighted by molar-refractivity contribution is 0.0956. The first-order valence-electron chi connectivity index (χ1n) is 5.63. The highest BCUT2D eigenvalue weighted by Gasteiger charge is 2.17. The van der Waals surface area contributed by atoms with Crippen molar-refractivity contribution in [2.45, 2.75) is 11.8 Å². The fourth-order valence-electron chi connectivity index (χ4n) is 1.36. The smallest absolute Gasteiger partial charge is 0.262 e. The van der Waals surface area contributed by atoms with Crippen LogP contribution in [0.25, 0.3) is 0 Å². The number of hydrogen-bond donors (Lipinski definition) is 1. The third kappa shape index (κ3) is 5.16. The highest BCUT2D eigenvalue weighted by Crippen LogP contribution is 2.26. The molecule has 0 aliphatic carbocycles. The minimum absolute atomic E-state index is 0.163. The zero-order valence-corrected chi connectivity index (χ0v) is 14.5. The van der Waals surface area contributed by atoms with Gasteiger partial charge in [-0.05, 0) is 34.1 Å². The van der Waals surface area contributed by atoms with Gasteiger partial charge < -0.3 is 5.32 Å². The van der Waals surface area contributed by atoms with Crippen LogP contribution in [-0.4, -0.2) is 36.6 Å². The molecule has 1 N–H and O–H groups in total. The minimum atomic E-state index is -3.93.